The molecule has 2 rings (SSSR count). The van der Waals surface area contributed by atoms with Gasteiger partial charge in [-0.1, -0.05) is 13.8 Å². The molecular formula is C19H28O6. The highest BCUT2D eigenvalue weighted by molar-refractivity contribution is 5.91. The number of hydrogen-bond acceptors (Lipinski definition) is 6. The highest BCUT2D eigenvalue weighted by Gasteiger charge is 2.55. The SMILES string of the molecule is CCC1(CC)[C@@H](OC)C[C@H]1OC(=O)c1cc(OC)c(OC)c(OC)c1. The minimum absolute atomic E-state index is 0.120. The van der Waals surface area contributed by atoms with E-state index >= 15 is 0 Å². The quantitative estimate of drug-likeness (QED) is 0.668. The predicted molar refractivity (Wildman–Crippen MR) is 93.7 cm³/mol. The van der Waals surface area contributed by atoms with Crippen molar-refractivity contribution in [1.82, 2.24) is 0 Å². The van der Waals surface area contributed by atoms with Crippen LogP contribution in [-0.4, -0.2) is 46.6 Å². The van der Waals surface area contributed by atoms with Crippen LogP contribution < -0.4 is 14.2 Å². The topological polar surface area (TPSA) is 63.2 Å². The van der Waals surface area contributed by atoms with Crippen LogP contribution in [0, 0.1) is 5.41 Å². The van der Waals surface area contributed by atoms with Crippen molar-refractivity contribution in [3.8, 4) is 17.2 Å². The van der Waals surface area contributed by atoms with E-state index in [4.69, 9.17) is 23.7 Å². The standard InChI is InChI=1S/C19H28O6/c1-7-19(8-2)15(23-5)11-16(19)25-18(20)12-9-13(21-3)17(24-6)14(10-12)22-4/h9-10,15-16H,7-8,11H2,1-6H3/t15-,16+/m0/s1. The molecule has 1 aromatic carbocycles. The molecule has 0 aliphatic heterocycles. The van der Waals surface area contributed by atoms with Crippen LogP contribution in [0.15, 0.2) is 12.1 Å². The van der Waals surface area contributed by atoms with E-state index in [9.17, 15) is 4.79 Å². The monoisotopic (exact) mass is 352 g/mol. The van der Waals surface area contributed by atoms with Crippen molar-refractivity contribution in [2.24, 2.45) is 5.41 Å². The third-order valence-corrected chi connectivity index (χ3v) is 5.46. The molecule has 0 spiro atoms. The molecule has 0 unspecified atom stereocenters. The van der Waals surface area contributed by atoms with E-state index in [2.05, 4.69) is 13.8 Å². The first kappa shape index (κ1) is 19.4. The molecule has 0 amide bonds. The van der Waals surface area contributed by atoms with Crippen molar-refractivity contribution >= 4 is 5.97 Å². The van der Waals surface area contributed by atoms with Gasteiger partial charge in [-0.05, 0) is 25.0 Å². The summed E-state index contributed by atoms with van der Waals surface area (Å²) >= 11 is 0. The van der Waals surface area contributed by atoms with E-state index in [1.807, 2.05) is 0 Å². The number of methoxy groups -OCH3 is 4. The lowest BCUT2D eigenvalue weighted by Crippen LogP contribution is -2.58. The Labute approximate surface area is 149 Å². The second-order valence-electron chi connectivity index (χ2n) is 6.21. The van der Waals surface area contributed by atoms with Gasteiger partial charge in [-0.2, -0.15) is 0 Å². The van der Waals surface area contributed by atoms with Crippen LogP contribution in [-0.2, 0) is 9.47 Å². The minimum Gasteiger partial charge on any atom is -0.493 e. The van der Waals surface area contributed by atoms with Crippen LogP contribution >= 0.6 is 0 Å². The van der Waals surface area contributed by atoms with E-state index < -0.39 is 5.97 Å². The number of ether oxygens (including phenoxy) is 5. The lowest BCUT2D eigenvalue weighted by molar-refractivity contribution is -0.186. The van der Waals surface area contributed by atoms with E-state index in [1.165, 1.54) is 21.3 Å². The van der Waals surface area contributed by atoms with Crippen molar-refractivity contribution in [3.63, 3.8) is 0 Å². The number of rotatable bonds is 8. The Morgan fingerprint density at radius 1 is 1.00 bits per heavy atom. The van der Waals surface area contributed by atoms with Gasteiger partial charge in [-0.15, -0.1) is 0 Å². The first-order valence-corrected chi connectivity index (χ1v) is 8.54. The van der Waals surface area contributed by atoms with Gasteiger partial charge in [-0.3, -0.25) is 0 Å². The molecule has 0 saturated heterocycles. The summed E-state index contributed by atoms with van der Waals surface area (Å²) < 4.78 is 27.2. The van der Waals surface area contributed by atoms with Crippen molar-refractivity contribution in [2.45, 2.75) is 45.3 Å². The third kappa shape index (κ3) is 3.27. The largest absolute Gasteiger partial charge is 0.493 e. The third-order valence-electron chi connectivity index (χ3n) is 5.46. The zero-order valence-electron chi connectivity index (χ0n) is 15.9. The predicted octanol–water partition coefficient (Wildman–Crippen LogP) is 3.46. The molecule has 0 N–H and O–H groups in total. The maximum Gasteiger partial charge on any atom is 0.338 e. The second kappa shape index (κ2) is 7.95. The summed E-state index contributed by atoms with van der Waals surface area (Å²) in [5.74, 6) is 0.898. The van der Waals surface area contributed by atoms with Crippen molar-refractivity contribution < 1.29 is 28.5 Å². The molecule has 0 heterocycles. The molecule has 25 heavy (non-hydrogen) atoms. The summed E-state index contributed by atoms with van der Waals surface area (Å²) in [5, 5.41) is 0. The zero-order valence-corrected chi connectivity index (χ0v) is 15.9. The smallest absolute Gasteiger partial charge is 0.338 e. The van der Waals surface area contributed by atoms with Gasteiger partial charge in [0.25, 0.3) is 0 Å². The highest BCUT2D eigenvalue weighted by Crippen LogP contribution is 2.50. The molecule has 6 nitrogen and oxygen atoms in total. The average molecular weight is 352 g/mol. The number of carbonyl (C=O) groups excluding carboxylic acids is 1. The van der Waals surface area contributed by atoms with Gasteiger partial charge >= 0.3 is 5.97 Å². The molecular weight excluding hydrogens is 324 g/mol. The minimum atomic E-state index is -0.398. The molecule has 140 valence electrons. The van der Waals surface area contributed by atoms with Crippen LogP contribution in [0.25, 0.3) is 0 Å². The number of esters is 1. The summed E-state index contributed by atoms with van der Waals surface area (Å²) in [4.78, 5) is 12.7. The summed E-state index contributed by atoms with van der Waals surface area (Å²) in [6, 6.07) is 3.21. The normalized spacial score (nSPS) is 21.2. The molecule has 1 saturated carbocycles. The summed E-state index contributed by atoms with van der Waals surface area (Å²) in [7, 11) is 6.26. The molecule has 0 bridgehead atoms. The maximum atomic E-state index is 12.7. The summed E-state index contributed by atoms with van der Waals surface area (Å²) in [5.41, 5.74) is 0.252. The van der Waals surface area contributed by atoms with Crippen LogP contribution in [0.3, 0.4) is 0 Å². The van der Waals surface area contributed by atoms with Crippen LogP contribution in [0.2, 0.25) is 0 Å². The second-order valence-corrected chi connectivity index (χ2v) is 6.21. The number of benzene rings is 1. The molecule has 0 radical (unpaired) electrons. The first-order chi connectivity index (χ1) is 12.0. The van der Waals surface area contributed by atoms with Gasteiger partial charge in [0.2, 0.25) is 5.75 Å². The first-order valence-electron chi connectivity index (χ1n) is 8.54. The van der Waals surface area contributed by atoms with E-state index in [1.54, 1.807) is 19.2 Å². The van der Waals surface area contributed by atoms with Gasteiger partial charge in [0.15, 0.2) is 11.5 Å². The van der Waals surface area contributed by atoms with Gasteiger partial charge in [-0.25, -0.2) is 4.79 Å². The van der Waals surface area contributed by atoms with Gasteiger partial charge in [0.1, 0.15) is 6.10 Å². The lowest BCUT2D eigenvalue weighted by Gasteiger charge is -2.53. The Kier molecular flexibility index (Phi) is 6.16. The Bertz CT molecular complexity index is 583. The Hall–Kier alpha value is -1.95. The van der Waals surface area contributed by atoms with E-state index in [0.717, 1.165) is 12.8 Å². The van der Waals surface area contributed by atoms with Crippen molar-refractivity contribution in [1.29, 1.82) is 0 Å². The molecule has 1 fully saturated rings. The lowest BCUT2D eigenvalue weighted by atomic mass is 9.60. The fraction of sp³-hybridized carbons (Fsp3) is 0.632. The van der Waals surface area contributed by atoms with Crippen molar-refractivity contribution in [2.75, 3.05) is 28.4 Å². The number of hydrogen-bond donors (Lipinski definition) is 0. The molecule has 0 aromatic heterocycles. The maximum absolute atomic E-state index is 12.7. The van der Waals surface area contributed by atoms with E-state index in [0.29, 0.717) is 29.2 Å². The Balaban J connectivity index is 2.24. The van der Waals surface area contributed by atoms with Gasteiger partial charge in [0, 0.05) is 18.9 Å². The highest BCUT2D eigenvalue weighted by atomic mass is 16.6. The van der Waals surface area contributed by atoms with Crippen LogP contribution in [0.1, 0.15) is 43.5 Å². The average Bonchev–Trinajstić information content (AvgIpc) is 2.64. The van der Waals surface area contributed by atoms with Gasteiger partial charge in [0.05, 0.1) is 33.0 Å². The van der Waals surface area contributed by atoms with Gasteiger partial charge < -0.3 is 23.7 Å². The Morgan fingerprint density at radius 3 is 1.96 bits per heavy atom. The molecule has 1 aliphatic rings. The van der Waals surface area contributed by atoms with Crippen molar-refractivity contribution in [3.05, 3.63) is 17.7 Å². The van der Waals surface area contributed by atoms with Crippen LogP contribution in [0.4, 0.5) is 0 Å². The summed E-state index contributed by atoms with van der Waals surface area (Å²) in [6.45, 7) is 4.21. The molecule has 2 atom stereocenters. The zero-order chi connectivity index (χ0) is 18.6. The van der Waals surface area contributed by atoms with Crippen LogP contribution in [0.5, 0.6) is 17.2 Å². The molecule has 1 aliphatic carbocycles. The Morgan fingerprint density at radius 2 is 1.56 bits per heavy atom. The molecule has 1 aromatic rings. The number of carbonyl (C=O) groups is 1. The summed E-state index contributed by atoms with van der Waals surface area (Å²) in [6.07, 6.45) is 2.48. The van der Waals surface area contributed by atoms with E-state index in [-0.39, 0.29) is 17.6 Å². The molecule has 6 heteroatoms. The fourth-order valence-electron chi connectivity index (χ4n) is 3.76. The fourth-order valence-corrected chi connectivity index (χ4v) is 3.76.